The van der Waals surface area contributed by atoms with Crippen molar-refractivity contribution in [3.05, 3.63) is 78.3 Å². The number of halogens is 4. The third-order valence-corrected chi connectivity index (χ3v) is 6.91. The van der Waals surface area contributed by atoms with Crippen LogP contribution in [0.5, 0.6) is 0 Å². The molecular weight excluding hydrogens is 550 g/mol. The number of hydrogen-bond donors (Lipinski definition) is 3. The second kappa shape index (κ2) is 12.5. The Hall–Kier alpha value is -4.63. The van der Waals surface area contributed by atoms with Gasteiger partial charge in [0.1, 0.15) is 18.1 Å². The summed E-state index contributed by atoms with van der Waals surface area (Å²) in [7, 11) is 2.03. The van der Waals surface area contributed by atoms with Gasteiger partial charge in [-0.15, -0.1) is 0 Å². The maximum Gasteiger partial charge on any atom is 0.406 e. The zero-order valence-electron chi connectivity index (χ0n) is 22.8. The van der Waals surface area contributed by atoms with Crippen molar-refractivity contribution in [2.75, 3.05) is 42.6 Å². The van der Waals surface area contributed by atoms with Gasteiger partial charge < -0.3 is 25.4 Å². The lowest BCUT2D eigenvalue weighted by Gasteiger charge is -2.30. The van der Waals surface area contributed by atoms with Gasteiger partial charge in [0, 0.05) is 23.3 Å². The summed E-state index contributed by atoms with van der Waals surface area (Å²) in [5.74, 6) is 4.64. The van der Waals surface area contributed by atoms with E-state index in [1.54, 1.807) is 30.5 Å². The molecule has 3 aromatic heterocycles. The third kappa shape index (κ3) is 7.36. The molecule has 42 heavy (non-hydrogen) atoms. The number of nitrogens with zero attached hydrogens (tertiary/aromatic N) is 4. The number of hydrogen-bond acceptors (Lipinski definition) is 6. The molecule has 1 aliphatic heterocycles. The van der Waals surface area contributed by atoms with E-state index in [9.17, 15) is 22.4 Å². The van der Waals surface area contributed by atoms with E-state index in [4.69, 9.17) is 0 Å². The molecule has 4 aromatic rings. The van der Waals surface area contributed by atoms with Gasteiger partial charge in [0.25, 0.3) is 5.91 Å². The fourth-order valence-corrected chi connectivity index (χ4v) is 4.81. The van der Waals surface area contributed by atoms with Gasteiger partial charge in [-0.25, -0.2) is 9.37 Å². The van der Waals surface area contributed by atoms with E-state index in [1.165, 1.54) is 24.5 Å². The zero-order chi connectivity index (χ0) is 29.7. The molecule has 1 aromatic carbocycles. The number of rotatable bonds is 7. The van der Waals surface area contributed by atoms with Gasteiger partial charge in [-0.3, -0.25) is 9.78 Å². The van der Waals surface area contributed by atoms with Crippen LogP contribution in [0.3, 0.4) is 0 Å². The van der Waals surface area contributed by atoms with E-state index in [2.05, 4.69) is 42.7 Å². The second-order valence-electron chi connectivity index (χ2n) is 10.1. The third-order valence-electron chi connectivity index (χ3n) is 6.91. The van der Waals surface area contributed by atoms with E-state index in [0.29, 0.717) is 22.4 Å². The van der Waals surface area contributed by atoms with E-state index in [-0.39, 0.29) is 29.5 Å². The molecule has 1 aliphatic rings. The summed E-state index contributed by atoms with van der Waals surface area (Å²) in [5.41, 5.74) is 2.03. The molecule has 0 aliphatic carbocycles. The van der Waals surface area contributed by atoms with Crippen molar-refractivity contribution in [3.8, 4) is 11.8 Å². The summed E-state index contributed by atoms with van der Waals surface area (Å²) in [5, 5.41) is 9.55. The highest BCUT2D eigenvalue weighted by Crippen LogP contribution is 2.32. The summed E-state index contributed by atoms with van der Waals surface area (Å²) >= 11 is 0. The van der Waals surface area contributed by atoms with Crippen molar-refractivity contribution < 1.29 is 22.4 Å². The first kappa shape index (κ1) is 28.9. The predicted octanol–water partition coefficient (Wildman–Crippen LogP) is 5.35. The number of alkyl halides is 3. The molecule has 0 atom stereocenters. The monoisotopic (exact) mass is 579 g/mol. The van der Waals surface area contributed by atoms with Crippen LogP contribution in [0.15, 0.2) is 61.1 Å². The smallest absolute Gasteiger partial charge is 0.382 e. The summed E-state index contributed by atoms with van der Waals surface area (Å²) in [6.07, 6.45) is 1.75. The SMILES string of the molecule is CN1CCC(Nc2cc(F)cc3c2cc(C#CCNc2ccc(C(=O)Nc4cccnc4)nc2)n3CC(F)(F)F)CC1. The number of fused-ring (bicyclic) bond motifs is 1. The Balaban J connectivity index is 1.31. The Morgan fingerprint density at radius 2 is 1.90 bits per heavy atom. The molecule has 1 saturated heterocycles. The number of carbonyl (C=O) groups is 1. The molecule has 4 heterocycles. The topological polar surface area (TPSA) is 87.1 Å². The first-order valence-electron chi connectivity index (χ1n) is 13.4. The average Bonchev–Trinajstić information content (AvgIpc) is 3.28. The summed E-state index contributed by atoms with van der Waals surface area (Å²) < 4.78 is 56.2. The maximum absolute atomic E-state index is 14.6. The van der Waals surface area contributed by atoms with E-state index in [0.717, 1.165) is 36.6 Å². The van der Waals surface area contributed by atoms with Crippen molar-refractivity contribution >= 4 is 33.9 Å². The van der Waals surface area contributed by atoms with Gasteiger partial charge in [-0.2, -0.15) is 13.2 Å². The largest absolute Gasteiger partial charge is 0.406 e. The molecule has 0 unspecified atom stereocenters. The molecule has 12 heteroatoms. The quantitative estimate of drug-likeness (QED) is 0.202. The minimum Gasteiger partial charge on any atom is -0.382 e. The number of anilines is 3. The van der Waals surface area contributed by atoms with E-state index < -0.39 is 24.4 Å². The van der Waals surface area contributed by atoms with Gasteiger partial charge in [0.2, 0.25) is 0 Å². The predicted molar refractivity (Wildman–Crippen MR) is 154 cm³/mol. The molecular formula is C30H29F4N7O. The number of pyridine rings is 2. The van der Waals surface area contributed by atoms with Crippen LogP contribution in [-0.4, -0.2) is 64.2 Å². The highest BCUT2D eigenvalue weighted by atomic mass is 19.4. The Kier molecular flexibility index (Phi) is 8.59. The Labute approximate surface area is 240 Å². The van der Waals surface area contributed by atoms with Gasteiger partial charge in [0.05, 0.1) is 41.5 Å². The van der Waals surface area contributed by atoms with Gasteiger partial charge in [-0.05, 0) is 81.4 Å². The highest BCUT2D eigenvalue weighted by molar-refractivity contribution is 6.02. The minimum absolute atomic E-state index is 0.0947. The second-order valence-corrected chi connectivity index (χ2v) is 10.1. The fourth-order valence-electron chi connectivity index (χ4n) is 4.81. The number of likely N-dealkylation sites (tertiary alicyclic amines) is 1. The van der Waals surface area contributed by atoms with Gasteiger partial charge in [0.15, 0.2) is 0 Å². The van der Waals surface area contributed by atoms with Crippen LogP contribution >= 0.6 is 0 Å². The summed E-state index contributed by atoms with van der Waals surface area (Å²) in [6, 6.07) is 10.7. The van der Waals surface area contributed by atoms with E-state index in [1.807, 2.05) is 7.05 Å². The molecule has 0 saturated carbocycles. The number of nitrogens with one attached hydrogen (secondary N) is 3. The van der Waals surface area contributed by atoms with Gasteiger partial charge >= 0.3 is 6.18 Å². The number of aromatic nitrogens is 3. The molecule has 0 spiro atoms. The molecule has 8 nitrogen and oxygen atoms in total. The normalized spacial score (nSPS) is 14.3. The number of piperidine rings is 1. The molecule has 0 bridgehead atoms. The van der Waals surface area contributed by atoms with E-state index >= 15 is 0 Å². The molecule has 0 radical (unpaired) electrons. The fraction of sp³-hybridized carbons (Fsp3) is 0.300. The van der Waals surface area contributed by atoms with Crippen molar-refractivity contribution in [2.24, 2.45) is 0 Å². The van der Waals surface area contributed by atoms with Crippen molar-refractivity contribution in [2.45, 2.75) is 31.6 Å². The number of carbonyl (C=O) groups excluding carboxylic acids is 1. The molecule has 1 amide bonds. The Morgan fingerprint density at radius 1 is 1.10 bits per heavy atom. The minimum atomic E-state index is -4.52. The first-order chi connectivity index (χ1) is 20.1. The Morgan fingerprint density at radius 3 is 2.60 bits per heavy atom. The summed E-state index contributed by atoms with van der Waals surface area (Å²) in [6.45, 7) is 0.570. The lowest BCUT2D eigenvalue weighted by atomic mass is 10.0. The van der Waals surface area contributed by atoms with Crippen molar-refractivity contribution in [1.29, 1.82) is 0 Å². The lowest BCUT2D eigenvalue weighted by Crippen LogP contribution is -2.36. The van der Waals surface area contributed by atoms with Crippen molar-refractivity contribution in [1.82, 2.24) is 19.4 Å². The van der Waals surface area contributed by atoms with Crippen LogP contribution in [-0.2, 0) is 6.54 Å². The Bertz CT molecular complexity index is 1600. The lowest BCUT2D eigenvalue weighted by molar-refractivity contribution is -0.140. The molecule has 5 rings (SSSR count). The summed E-state index contributed by atoms with van der Waals surface area (Å²) in [4.78, 5) is 22.7. The first-order valence-corrected chi connectivity index (χ1v) is 13.4. The van der Waals surface area contributed by atoms with Crippen LogP contribution < -0.4 is 16.0 Å². The van der Waals surface area contributed by atoms with Gasteiger partial charge in [-0.1, -0.05) is 5.92 Å². The number of benzene rings is 1. The zero-order valence-corrected chi connectivity index (χ0v) is 22.8. The standard InChI is InChI=1S/C30H29F4N7O/c1-40-12-8-21(9-13-40)38-27-14-20(31)15-28-25(27)16-24(41(28)19-30(32,33)34)5-3-11-36-22-6-7-26(37-18-22)29(42)39-23-4-2-10-35-17-23/h2,4,6-7,10,14-18,21,36,38H,8-9,11-13,19H2,1H3,(H,39,42). The van der Waals surface area contributed by atoms with Crippen LogP contribution in [0.1, 0.15) is 29.0 Å². The van der Waals surface area contributed by atoms with Crippen LogP contribution in [0.25, 0.3) is 10.9 Å². The van der Waals surface area contributed by atoms with Crippen molar-refractivity contribution in [3.63, 3.8) is 0 Å². The van der Waals surface area contributed by atoms with Crippen LogP contribution in [0.2, 0.25) is 0 Å². The molecule has 218 valence electrons. The van der Waals surface area contributed by atoms with Crippen LogP contribution in [0, 0.1) is 17.7 Å². The average molecular weight is 580 g/mol. The maximum atomic E-state index is 14.6. The molecule has 3 N–H and O–H groups in total. The highest BCUT2D eigenvalue weighted by Gasteiger charge is 2.30. The molecule has 1 fully saturated rings. The van der Waals surface area contributed by atoms with Crippen LogP contribution in [0.4, 0.5) is 34.6 Å². The number of amides is 1.